The molecule has 1 N–H and O–H groups in total. The van der Waals surface area contributed by atoms with Gasteiger partial charge in [0.15, 0.2) is 11.5 Å². The summed E-state index contributed by atoms with van der Waals surface area (Å²) in [5.74, 6) is 1.21. The number of rotatable bonds is 5. The molecule has 0 aliphatic rings. The highest BCUT2D eigenvalue weighted by molar-refractivity contribution is 5.92. The summed E-state index contributed by atoms with van der Waals surface area (Å²) in [7, 11) is 3.17. The summed E-state index contributed by atoms with van der Waals surface area (Å²) in [6.45, 7) is 6.49. The second kappa shape index (κ2) is 7.39. The highest BCUT2D eigenvalue weighted by Crippen LogP contribution is 2.28. The Hall–Kier alpha value is -2.49. The van der Waals surface area contributed by atoms with Gasteiger partial charge >= 0.3 is 0 Å². The fraction of sp³-hybridized carbons (Fsp3) is 0.350. The van der Waals surface area contributed by atoms with E-state index in [1.165, 1.54) is 5.56 Å². The van der Waals surface area contributed by atoms with E-state index in [1.54, 1.807) is 20.3 Å². The molecule has 0 saturated carbocycles. The third-order valence-electron chi connectivity index (χ3n) is 3.85. The molecule has 2 aromatic rings. The van der Waals surface area contributed by atoms with Crippen LogP contribution in [-0.2, 0) is 16.6 Å². The lowest BCUT2D eigenvalue weighted by atomic mass is 9.87. The van der Waals surface area contributed by atoms with Gasteiger partial charge in [0.2, 0.25) is 5.91 Å². The predicted octanol–water partition coefficient (Wildman–Crippen LogP) is 4.18. The van der Waals surface area contributed by atoms with Crippen molar-refractivity contribution in [3.05, 3.63) is 53.6 Å². The number of hydrogen-bond donors (Lipinski definition) is 1. The maximum Gasteiger partial charge on any atom is 0.228 e. The van der Waals surface area contributed by atoms with E-state index < -0.39 is 0 Å². The molecule has 128 valence electrons. The summed E-state index contributed by atoms with van der Waals surface area (Å²) in [5.41, 5.74) is 3.01. The van der Waals surface area contributed by atoms with Crippen molar-refractivity contribution in [2.75, 3.05) is 19.5 Å². The van der Waals surface area contributed by atoms with Gasteiger partial charge in [-0.25, -0.2) is 0 Å². The van der Waals surface area contributed by atoms with Gasteiger partial charge in [-0.05, 0) is 40.8 Å². The molecule has 4 nitrogen and oxygen atoms in total. The molecule has 0 fully saturated rings. The van der Waals surface area contributed by atoms with Crippen LogP contribution >= 0.6 is 0 Å². The Morgan fingerprint density at radius 1 is 0.958 bits per heavy atom. The molecule has 0 heterocycles. The highest BCUT2D eigenvalue weighted by atomic mass is 16.5. The quantitative estimate of drug-likeness (QED) is 0.896. The molecule has 0 atom stereocenters. The average Bonchev–Trinajstić information content (AvgIpc) is 2.54. The van der Waals surface area contributed by atoms with E-state index in [-0.39, 0.29) is 17.7 Å². The van der Waals surface area contributed by atoms with Crippen LogP contribution in [0.25, 0.3) is 0 Å². The lowest BCUT2D eigenvalue weighted by Gasteiger charge is -2.19. The SMILES string of the molecule is COc1ccc(CC(=O)Nc2ccc(C(C)(C)C)cc2)cc1OC. The Bertz CT molecular complexity index is 700. The molecule has 1 amide bonds. The van der Waals surface area contributed by atoms with Crippen molar-refractivity contribution < 1.29 is 14.3 Å². The van der Waals surface area contributed by atoms with Gasteiger partial charge in [-0.3, -0.25) is 4.79 Å². The minimum Gasteiger partial charge on any atom is -0.493 e. The molecule has 0 bridgehead atoms. The maximum absolute atomic E-state index is 12.2. The number of benzene rings is 2. The van der Waals surface area contributed by atoms with Gasteiger partial charge in [-0.2, -0.15) is 0 Å². The Morgan fingerprint density at radius 2 is 1.58 bits per heavy atom. The van der Waals surface area contributed by atoms with Gasteiger partial charge in [-0.15, -0.1) is 0 Å². The monoisotopic (exact) mass is 327 g/mol. The fourth-order valence-corrected chi connectivity index (χ4v) is 2.43. The number of ether oxygens (including phenoxy) is 2. The van der Waals surface area contributed by atoms with Gasteiger partial charge in [0, 0.05) is 5.69 Å². The number of methoxy groups -OCH3 is 2. The molecule has 4 heteroatoms. The molecule has 24 heavy (non-hydrogen) atoms. The van der Waals surface area contributed by atoms with E-state index >= 15 is 0 Å². The summed E-state index contributed by atoms with van der Waals surface area (Å²) in [6, 6.07) is 13.5. The molecule has 0 saturated heterocycles. The van der Waals surface area contributed by atoms with Crippen molar-refractivity contribution in [3.63, 3.8) is 0 Å². The van der Waals surface area contributed by atoms with E-state index in [4.69, 9.17) is 9.47 Å². The zero-order valence-electron chi connectivity index (χ0n) is 15.0. The number of hydrogen-bond acceptors (Lipinski definition) is 3. The first-order valence-corrected chi connectivity index (χ1v) is 7.95. The van der Waals surface area contributed by atoms with E-state index in [2.05, 4.69) is 26.1 Å². The molecule has 0 aromatic heterocycles. The molecule has 0 radical (unpaired) electrons. The molecular weight excluding hydrogens is 302 g/mol. The lowest BCUT2D eigenvalue weighted by Crippen LogP contribution is -2.15. The molecule has 0 spiro atoms. The Balaban J connectivity index is 2.03. The minimum absolute atomic E-state index is 0.0641. The Kier molecular flexibility index (Phi) is 5.50. The first-order valence-electron chi connectivity index (χ1n) is 7.95. The number of carbonyl (C=O) groups is 1. The molecule has 0 unspecified atom stereocenters. The van der Waals surface area contributed by atoms with Crippen molar-refractivity contribution in [3.8, 4) is 11.5 Å². The predicted molar refractivity (Wildman–Crippen MR) is 97.0 cm³/mol. The van der Waals surface area contributed by atoms with Crippen LogP contribution in [0.2, 0.25) is 0 Å². The van der Waals surface area contributed by atoms with Crippen LogP contribution in [0.5, 0.6) is 11.5 Å². The first-order chi connectivity index (χ1) is 11.3. The van der Waals surface area contributed by atoms with Gasteiger partial charge in [0.1, 0.15) is 0 Å². The van der Waals surface area contributed by atoms with Crippen LogP contribution in [0.1, 0.15) is 31.9 Å². The Labute approximate surface area is 143 Å². The van der Waals surface area contributed by atoms with Crippen molar-refractivity contribution in [2.45, 2.75) is 32.6 Å². The van der Waals surface area contributed by atoms with E-state index in [0.29, 0.717) is 11.5 Å². The topological polar surface area (TPSA) is 47.6 Å². The van der Waals surface area contributed by atoms with Crippen molar-refractivity contribution in [1.82, 2.24) is 0 Å². The third-order valence-corrected chi connectivity index (χ3v) is 3.85. The first kappa shape index (κ1) is 17.9. The molecule has 2 aromatic carbocycles. The maximum atomic E-state index is 12.2. The van der Waals surface area contributed by atoms with Gasteiger partial charge in [0.05, 0.1) is 20.6 Å². The van der Waals surface area contributed by atoms with Crippen molar-refractivity contribution in [2.24, 2.45) is 0 Å². The minimum atomic E-state index is -0.0641. The van der Waals surface area contributed by atoms with E-state index in [9.17, 15) is 4.79 Å². The van der Waals surface area contributed by atoms with Crippen LogP contribution in [0, 0.1) is 0 Å². The second-order valence-corrected chi connectivity index (χ2v) is 6.74. The Morgan fingerprint density at radius 3 is 2.12 bits per heavy atom. The number of carbonyl (C=O) groups excluding carboxylic acids is 1. The largest absolute Gasteiger partial charge is 0.493 e. The zero-order chi connectivity index (χ0) is 17.7. The average molecular weight is 327 g/mol. The van der Waals surface area contributed by atoms with Gasteiger partial charge in [0.25, 0.3) is 0 Å². The molecule has 2 rings (SSSR count). The van der Waals surface area contributed by atoms with Crippen LogP contribution in [-0.4, -0.2) is 20.1 Å². The third kappa shape index (κ3) is 4.51. The van der Waals surface area contributed by atoms with E-state index in [1.807, 2.05) is 36.4 Å². The van der Waals surface area contributed by atoms with Crippen LogP contribution in [0.4, 0.5) is 5.69 Å². The number of anilines is 1. The van der Waals surface area contributed by atoms with Gasteiger partial charge < -0.3 is 14.8 Å². The summed E-state index contributed by atoms with van der Waals surface area (Å²) in [5, 5.41) is 2.92. The van der Waals surface area contributed by atoms with Crippen molar-refractivity contribution >= 4 is 11.6 Å². The fourth-order valence-electron chi connectivity index (χ4n) is 2.43. The molecule has 0 aliphatic carbocycles. The summed E-state index contributed by atoms with van der Waals surface area (Å²) < 4.78 is 10.5. The zero-order valence-corrected chi connectivity index (χ0v) is 15.0. The number of nitrogens with one attached hydrogen (secondary N) is 1. The summed E-state index contributed by atoms with van der Waals surface area (Å²) >= 11 is 0. The highest BCUT2D eigenvalue weighted by Gasteiger charge is 2.13. The smallest absolute Gasteiger partial charge is 0.228 e. The van der Waals surface area contributed by atoms with Crippen LogP contribution in [0.15, 0.2) is 42.5 Å². The lowest BCUT2D eigenvalue weighted by molar-refractivity contribution is -0.115. The van der Waals surface area contributed by atoms with Gasteiger partial charge in [-0.1, -0.05) is 39.0 Å². The van der Waals surface area contributed by atoms with E-state index in [0.717, 1.165) is 11.3 Å². The number of amides is 1. The standard InChI is InChI=1S/C20H25NO3/c1-20(2,3)15-7-9-16(10-8-15)21-19(22)13-14-6-11-17(23-4)18(12-14)24-5/h6-12H,13H2,1-5H3,(H,21,22). The van der Waals surface area contributed by atoms with Crippen LogP contribution < -0.4 is 14.8 Å². The molecular formula is C20H25NO3. The summed E-state index contributed by atoms with van der Waals surface area (Å²) in [4.78, 5) is 12.2. The second-order valence-electron chi connectivity index (χ2n) is 6.74. The normalized spacial score (nSPS) is 11.0. The molecule has 0 aliphatic heterocycles. The summed E-state index contributed by atoms with van der Waals surface area (Å²) in [6.07, 6.45) is 0.279. The van der Waals surface area contributed by atoms with Crippen LogP contribution in [0.3, 0.4) is 0 Å². The van der Waals surface area contributed by atoms with Crippen molar-refractivity contribution in [1.29, 1.82) is 0 Å².